The largest absolute Gasteiger partial charge is 0.367 e. The average molecular weight is 248 g/mol. The zero-order valence-corrected chi connectivity index (χ0v) is 11.1. The number of aryl methyl sites for hydroxylation is 1. The molecule has 18 heavy (non-hydrogen) atoms. The first-order chi connectivity index (χ1) is 8.72. The lowest BCUT2D eigenvalue weighted by atomic mass is 10.0. The summed E-state index contributed by atoms with van der Waals surface area (Å²) in [6.45, 7) is 7.36. The number of Topliss-reactive ketones (excluding diaryl/α,β-unsaturated/α-hetero) is 1. The first-order valence-corrected chi connectivity index (χ1v) is 6.51. The normalized spacial score (nSPS) is 20.9. The van der Waals surface area contributed by atoms with Crippen LogP contribution < -0.4 is 0 Å². The lowest BCUT2D eigenvalue weighted by molar-refractivity contribution is -0.0164. The number of carbonyl (C=O) groups is 1. The quantitative estimate of drug-likeness (QED) is 0.760. The van der Waals surface area contributed by atoms with Gasteiger partial charge in [-0.2, -0.15) is 0 Å². The topological polar surface area (TPSA) is 42.4 Å². The Labute approximate surface area is 108 Å². The van der Waals surface area contributed by atoms with Crippen molar-refractivity contribution in [2.75, 3.05) is 26.2 Å². The van der Waals surface area contributed by atoms with E-state index in [1.165, 1.54) is 0 Å². The van der Waals surface area contributed by atoms with E-state index in [1.54, 1.807) is 12.4 Å². The van der Waals surface area contributed by atoms with Crippen molar-refractivity contribution >= 4 is 5.78 Å². The summed E-state index contributed by atoms with van der Waals surface area (Å²) in [4.78, 5) is 18.7. The summed E-state index contributed by atoms with van der Waals surface area (Å²) < 4.78 is 5.61. The maximum Gasteiger partial charge on any atom is 0.194 e. The molecule has 0 aliphatic carbocycles. The van der Waals surface area contributed by atoms with Crippen molar-refractivity contribution in [3.63, 3.8) is 0 Å². The summed E-state index contributed by atoms with van der Waals surface area (Å²) >= 11 is 0. The van der Waals surface area contributed by atoms with Crippen molar-refractivity contribution in [2.45, 2.75) is 26.4 Å². The van der Waals surface area contributed by atoms with Crippen molar-refractivity contribution in [3.05, 3.63) is 29.6 Å². The Balaban J connectivity index is 2.07. The molecule has 4 nitrogen and oxygen atoms in total. The molecule has 1 fully saturated rings. The van der Waals surface area contributed by atoms with Crippen LogP contribution in [0.4, 0.5) is 0 Å². The Morgan fingerprint density at radius 1 is 1.61 bits per heavy atom. The van der Waals surface area contributed by atoms with Crippen LogP contribution in [0.5, 0.6) is 0 Å². The first kappa shape index (κ1) is 13.2. The van der Waals surface area contributed by atoms with Gasteiger partial charge in [-0.05, 0) is 31.5 Å². The number of hydrogen-bond donors (Lipinski definition) is 0. The maximum atomic E-state index is 12.4. The minimum absolute atomic E-state index is 0.0569. The molecule has 0 saturated carbocycles. The SMILES string of the molecule is CCCN1CCOC(C(=O)c2cnccc2C)C1. The molecule has 1 aromatic heterocycles. The minimum atomic E-state index is -0.340. The number of rotatable bonds is 4. The summed E-state index contributed by atoms with van der Waals surface area (Å²) in [6, 6.07) is 1.86. The molecule has 4 heteroatoms. The summed E-state index contributed by atoms with van der Waals surface area (Å²) in [5, 5.41) is 0. The Bertz CT molecular complexity index is 418. The van der Waals surface area contributed by atoms with E-state index in [0.717, 1.165) is 25.1 Å². The van der Waals surface area contributed by atoms with Crippen LogP contribution in [0.25, 0.3) is 0 Å². The second kappa shape index (κ2) is 6.07. The molecule has 0 radical (unpaired) electrons. The van der Waals surface area contributed by atoms with Gasteiger partial charge in [-0.15, -0.1) is 0 Å². The highest BCUT2D eigenvalue weighted by Crippen LogP contribution is 2.14. The summed E-state index contributed by atoms with van der Waals surface area (Å²) in [5.41, 5.74) is 1.65. The smallest absolute Gasteiger partial charge is 0.194 e. The monoisotopic (exact) mass is 248 g/mol. The van der Waals surface area contributed by atoms with Crippen LogP contribution in [0.3, 0.4) is 0 Å². The number of carbonyl (C=O) groups excluding carboxylic acids is 1. The van der Waals surface area contributed by atoms with Crippen molar-refractivity contribution in [3.8, 4) is 0 Å². The number of nitrogens with zero attached hydrogens (tertiary/aromatic N) is 2. The van der Waals surface area contributed by atoms with Crippen LogP contribution in [0, 0.1) is 6.92 Å². The molecule has 2 rings (SSSR count). The predicted octanol–water partition coefficient (Wildman–Crippen LogP) is 1.68. The molecule has 98 valence electrons. The Kier molecular flexibility index (Phi) is 4.44. The van der Waals surface area contributed by atoms with E-state index in [4.69, 9.17) is 4.74 Å². The number of hydrogen-bond acceptors (Lipinski definition) is 4. The molecular weight excluding hydrogens is 228 g/mol. The molecule has 0 spiro atoms. The summed E-state index contributed by atoms with van der Waals surface area (Å²) in [7, 11) is 0. The fourth-order valence-electron chi connectivity index (χ4n) is 2.28. The van der Waals surface area contributed by atoms with Crippen molar-refractivity contribution in [1.82, 2.24) is 9.88 Å². The number of ether oxygens (including phenoxy) is 1. The highest BCUT2D eigenvalue weighted by molar-refractivity contribution is 6.00. The Morgan fingerprint density at radius 3 is 3.17 bits per heavy atom. The predicted molar refractivity (Wildman–Crippen MR) is 69.8 cm³/mol. The van der Waals surface area contributed by atoms with Gasteiger partial charge in [0, 0.05) is 31.0 Å². The zero-order valence-electron chi connectivity index (χ0n) is 11.1. The van der Waals surface area contributed by atoms with Crippen molar-refractivity contribution in [2.24, 2.45) is 0 Å². The maximum absolute atomic E-state index is 12.4. The molecular formula is C14H20N2O2. The van der Waals surface area contributed by atoms with Gasteiger partial charge in [0.1, 0.15) is 6.10 Å². The van der Waals surface area contributed by atoms with Gasteiger partial charge >= 0.3 is 0 Å². The van der Waals surface area contributed by atoms with Crippen LogP contribution in [0.2, 0.25) is 0 Å². The molecule has 1 atom stereocenters. The Hall–Kier alpha value is -1.26. The molecule has 0 bridgehead atoms. The standard InChI is InChI=1S/C14H20N2O2/c1-3-6-16-7-8-18-13(10-16)14(17)12-9-15-5-4-11(12)2/h4-5,9,13H,3,6-8,10H2,1-2H3. The van der Waals surface area contributed by atoms with Crippen molar-refractivity contribution < 1.29 is 9.53 Å². The molecule has 0 N–H and O–H groups in total. The third kappa shape index (κ3) is 2.94. The van der Waals surface area contributed by atoms with Gasteiger partial charge in [-0.1, -0.05) is 6.92 Å². The molecule has 1 aliphatic heterocycles. The van der Waals surface area contributed by atoms with Crippen LogP contribution >= 0.6 is 0 Å². The van der Waals surface area contributed by atoms with Gasteiger partial charge in [0.05, 0.1) is 6.61 Å². The molecule has 2 heterocycles. The van der Waals surface area contributed by atoms with Gasteiger partial charge in [0.25, 0.3) is 0 Å². The average Bonchev–Trinajstić information content (AvgIpc) is 2.39. The molecule has 0 amide bonds. The second-order valence-corrected chi connectivity index (χ2v) is 4.71. The number of morpholine rings is 1. The third-order valence-electron chi connectivity index (χ3n) is 3.29. The van der Waals surface area contributed by atoms with E-state index in [0.29, 0.717) is 18.7 Å². The lowest BCUT2D eigenvalue weighted by Crippen LogP contribution is -2.46. The fourth-order valence-corrected chi connectivity index (χ4v) is 2.28. The van der Waals surface area contributed by atoms with Gasteiger partial charge in [0.2, 0.25) is 0 Å². The van der Waals surface area contributed by atoms with Gasteiger partial charge in [0.15, 0.2) is 5.78 Å². The van der Waals surface area contributed by atoms with E-state index >= 15 is 0 Å². The lowest BCUT2D eigenvalue weighted by Gasteiger charge is -2.32. The Morgan fingerprint density at radius 2 is 2.44 bits per heavy atom. The first-order valence-electron chi connectivity index (χ1n) is 6.51. The molecule has 1 aliphatic rings. The minimum Gasteiger partial charge on any atom is -0.367 e. The molecule has 1 unspecified atom stereocenters. The zero-order chi connectivity index (χ0) is 13.0. The third-order valence-corrected chi connectivity index (χ3v) is 3.29. The highest BCUT2D eigenvalue weighted by Gasteiger charge is 2.27. The molecule has 0 aromatic carbocycles. The van der Waals surface area contributed by atoms with E-state index in [2.05, 4.69) is 16.8 Å². The molecule has 1 aromatic rings. The van der Waals surface area contributed by atoms with Crippen LogP contribution in [0.1, 0.15) is 29.3 Å². The fraction of sp³-hybridized carbons (Fsp3) is 0.571. The van der Waals surface area contributed by atoms with Gasteiger partial charge in [-0.3, -0.25) is 14.7 Å². The van der Waals surface area contributed by atoms with E-state index in [-0.39, 0.29) is 11.9 Å². The number of pyridine rings is 1. The summed E-state index contributed by atoms with van der Waals surface area (Å²) in [5.74, 6) is 0.0569. The van der Waals surface area contributed by atoms with Crippen LogP contribution in [-0.2, 0) is 4.74 Å². The summed E-state index contributed by atoms with van der Waals surface area (Å²) in [6.07, 6.45) is 4.11. The van der Waals surface area contributed by atoms with Crippen LogP contribution in [0.15, 0.2) is 18.5 Å². The second-order valence-electron chi connectivity index (χ2n) is 4.71. The number of ketones is 1. The van der Waals surface area contributed by atoms with E-state index < -0.39 is 0 Å². The number of aromatic nitrogens is 1. The van der Waals surface area contributed by atoms with E-state index in [9.17, 15) is 4.79 Å². The molecule has 1 saturated heterocycles. The highest BCUT2D eigenvalue weighted by atomic mass is 16.5. The van der Waals surface area contributed by atoms with Gasteiger partial charge in [-0.25, -0.2) is 0 Å². The van der Waals surface area contributed by atoms with Crippen LogP contribution in [-0.4, -0.2) is 48.0 Å². The van der Waals surface area contributed by atoms with Crippen molar-refractivity contribution in [1.29, 1.82) is 0 Å². The van der Waals surface area contributed by atoms with E-state index in [1.807, 2.05) is 13.0 Å². The van der Waals surface area contributed by atoms with Gasteiger partial charge < -0.3 is 4.74 Å².